The molecule has 0 aliphatic carbocycles. The van der Waals surface area contributed by atoms with Crippen LogP contribution in [0.2, 0.25) is 0 Å². The van der Waals surface area contributed by atoms with Crippen molar-refractivity contribution >= 4 is 33.6 Å². The van der Waals surface area contributed by atoms with Crippen LogP contribution in [0, 0.1) is 0 Å². The van der Waals surface area contributed by atoms with Gasteiger partial charge < -0.3 is 10.2 Å². The van der Waals surface area contributed by atoms with Crippen LogP contribution in [0.3, 0.4) is 0 Å². The Morgan fingerprint density at radius 2 is 1.60 bits per heavy atom. The lowest BCUT2D eigenvalue weighted by Gasteiger charge is -2.32. The van der Waals surface area contributed by atoms with Gasteiger partial charge in [0.2, 0.25) is 21.8 Å². The minimum atomic E-state index is -3.69. The summed E-state index contributed by atoms with van der Waals surface area (Å²) in [6, 6.07) is 22.7. The second-order valence-corrected chi connectivity index (χ2v) is 10.5. The van der Waals surface area contributed by atoms with E-state index in [9.17, 15) is 18.0 Å². The molecule has 0 spiro atoms. The van der Waals surface area contributed by atoms with Crippen LogP contribution in [0.25, 0.3) is 6.08 Å². The number of fused-ring (bicyclic) bond motifs is 1. The number of amides is 2. The van der Waals surface area contributed by atoms with Gasteiger partial charge in [0, 0.05) is 32.4 Å². The Bertz CT molecular complexity index is 1350. The third-order valence-electron chi connectivity index (χ3n) is 5.94. The van der Waals surface area contributed by atoms with E-state index in [2.05, 4.69) is 5.32 Å². The summed E-state index contributed by atoms with van der Waals surface area (Å²) in [5.74, 6) is -0.425. The second kappa shape index (κ2) is 10.2. The molecule has 0 fully saturated rings. The number of anilines is 1. The van der Waals surface area contributed by atoms with Crippen molar-refractivity contribution in [2.45, 2.75) is 30.8 Å². The average molecular weight is 490 g/mol. The number of hydrogen-bond donors (Lipinski definition) is 1. The van der Waals surface area contributed by atoms with Crippen molar-refractivity contribution in [3.05, 3.63) is 102 Å². The van der Waals surface area contributed by atoms with Crippen LogP contribution < -0.4 is 5.32 Å². The minimum Gasteiger partial charge on any atom is -0.326 e. The van der Waals surface area contributed by atoms with E-state index in [4.69, 9.17) is 0 Å². The van der Waals surface area contributed by atoms with Crippen molar-refractivity contribution in [3.8, 4) is 0 Å². The Morgan fingerprint density at radius 1 is 0.943 bits per heavy atom. The largest absolute Gasteiger partial charge is 0.326 e. The van der Waals surface area contributed by atoms with E-state index in [0.717, 1.165) is 16.7 Å². The molecule has 0 saturated carbocycles. The maximum atomic E-state index is 12.9. The van der Waals surface area contributed by atoms with Crippen LogP contribution in [0.15, 0.2) is 90.0 Å². The second-order valence-electron chi connectivity index (χ2n) is 8.41. The SMILES string of the molecule is CC(=O)N1C=Cc2ccccc2C1CC(=O)Nc1ccc(S(=O)(=O)N(C)Cc2ccccc2)cc1. The van der Waals surface area contributed by atoms with Crippen molar-refractivity contribution in [1.29, 1.82) is 0 Å². The van der Waals surface area contributed by atoms with Gasteiger partial charge in [0.15, 0.2) is 0 Å². The van der Waals surface area contributed by atoms with Crippen LogP contribution >= 0.6 is 0 Å². The van der Waals surface area contributed by atoms with E-state index < -0.39 is 16.1 Å². The Morgan fingerprint density at radius 3 is 2.29 bits per heavy atom. The van der Waals surface area contributed by atoms with Crippen LogP contribution in [-0.4, -0.2) is 36.5 Å². The maximum Gasteiger partial charge on any atom is 0.243 e. The average Bonchev–Trinajstić information content (AvgIpc) is 2.85. The quantitative estimate of drug-likeness (QED) is 0.533. The number of nitrogens with zero attached hydrogens (tertiary/aromatic N) is 2. The summed E-state index contributed by atoms with van der Waals surface area (Å²) >= 11 is 0. The maximum absolute atomic E-state index is 12.9. The van der Waals surface area contributed by atoms with Crippen molar-refractivity contribution in [3.63, 3.8) is 0 Å². The molecular weight excluding hydrogens is 462 g/mol. The molecule has 1 atom stereocenters. The molecule has 3 aromatic carbocycles. The summed E-state index contributed by atoms with van der Waals surface area (Å²) in [5.41, 5.74) is 3.25. The number of benzene rings is 3. The lowest BCUT2D eigenvalue weighted by molar-refractivity contribution is -0.129. The lowest BCUT2D eigenvalue weighted by atomic mass is 9.93. The third-order valence-corrected chi connectivity index (χ3v) is 7.76. The molecule has 8 heteroatoms. The lowest BCUT2D eigenvalue weighted by Crippen LogP contribution is -2.33. The Balaban J connectivity index is 1.44. The fraction of sp³-hybridized carbons (Fsp3) is 0.185. The molecule has 1 heterocycles. The van der Waals surface area contributed by atoms with Gasteiger partial charge in [-0.15, -0.1) is 0 Å². The highest BCUT2D eigenvalue weighted by atomic mass is 32.2. The molecule has 1 unspecified atom stereocenters. The zero-order valence-corrected chi connectivity index (χ0v) is 20.4. The highest BCUT2D eigenvalue weighted by Gasteiger charge is 2.28. The molecule has 7 nitrogen and oxygen atoms in total. The number of nitrogens with one attached hydrogen (secondary N) is 1. The zero-order valence-electron chi connectivity index (χ0n) is 19.6. The Labute approximate surface area is 205 Å². The van der Waals surface area contributed by atoms with Crippen molar-refractivity contribution in [2.75, 3.05) is 12.4 Å². The first-order valence-electron chi connectivity index (χ1n) is 11.2. The standard InChI is InChI=1S/C27H27N3O4S/c1-20(31)30-17-16-22-10-6-7-11-25(22)26(30)18-27(32)28-23-12-14-24(15-13-23)35(33,34)29(2)19-21-8-4-3-5-9-21/h3-17,26H,18-19H2,1-2H3,(H,28,32). The highest BCUT2D eigenvalue weighted by Crippen LogP contribution is 2.33. The monoisotopic (exact) mass is 489 g/mol. The molecule has 0 saturated heterocycles. The van der Waals surface area contributed by atoms with Crippen LogP contribution in [0.4, 0.5) is 5.69 Å². The molecule has 1 aliphatic rings. The normalized spacial score (nSPS) is 15.1. The molecule has 1 N–H and O–H groups in total. The molecule has 180 valence electrons. The fourth-order valence-electron chi connectivity index (χ4n) is 4.12. The van der Waals surface area contributed by atoms with Crippen molar-refractivity contribution in [2.24, 2.45) is 0 Å². The number of carbonyl (C=O) groups excluding carboxylic acids is 2. The molecule has 4 rings (SSSR count). The molecule has 0 aromatic heterocycles. The molecule has 1 aliphatic heterocycles. The Hall–Kier alpha value is -3.75. The summed E-state index contributed by atoms with van der Waals surface area (Å²) in [6.45, 7) is 1.72. The van der Waals surface area contributed by atoms with E-state index in [1.807, 2.05) is 60.7 Å². The van der Waals surface area contributed by atoms with Gasteiger partial charge in [0.25, 0.3) is 0 Å². The van der Waals surface area contributed by atoms with E-state index in [0.29, 0.717) is 5.69 Å². The van der Waals surface area contributed by atoms with Gasteiger partial charge >= 0.3 is 0 Å². The first kappa shape index (κ1) is 24.4. The summed E-state index contributed by atoms with van der Waals surface area (Å²) in [6.07, 6.45) is 3.63. The highest BCUT2D eigenvalue weighted by molar-refractivity contribution is 7.89. The van der Waals surface area contributed by atoms with Crippen molar-refractivity contribution < 1.29 is 18.0 Å². The first-order chi connectivity index (χ1) is 16.8. The van der Waals surface area contributed by atoms with Gasteiger partial charge in [0.1, 0.15) is 0 Å². The smallest absolute Gasteiger partial charge is 0.243 e. The van der Waals surface area contributed by atoms with E-state index in [1.165, 1.54) is 30.4 Å². The number of rotatable bonds is 7. The van der Waals surface area contributed by atoms with E-state index in [-0.39, 0.29) is 29.7 Å². The number of hydrogen-bond acceptors (Lipinski definition) is 4. The predicted octanol–water partition coefficient (Wildman–Crippen LogP) is 4.41. The Kier molecular flexibility index (Phi) is 7.14. The summed E-state index contributed by atoms with van der Waals surface area (Å²) < 4.78 is 27.2. The minimum absolute atomic E-state index is 0.0702. The van der Waals surface area contributed by atoms with Crippen LogP contribution in [0.1, 0.15) is 36.1 Å². The van der Waals surface area contributed by atoms with Crippen molar-refractivity contribution in [1.82, 2.24) is 9.21 Å². The van der Waals surface area contributed by atoms with Gasteiger partial charge in [-0.2, -0.15) is 4.31 Å². The summed E-state index contributed by atoms with van der Waals surface area (Å²) in [4.78, 5) is 26.7. The van der Waals surface area contributed by atoms with Gasteiger partial charge in [-0.05, 0) is 47.0 Å². The molecule has 3 aromatic rings. The summed E-state index contributed by atoms with van der Waals surface area (Å²) in [5, 5.41) is 2.82. The first-order valence-corrected chi connectivity index (χ1v) is 12.7. The molecular formula is C27H27N3O4S. The zero-order chi connectivity index (χ0) is 25.0. The third kappa shape index (κ3) is 5.50. The van der Waals surface area contributed by atoms with Gasteiger partial charge in [0.05, 0.1) is 17.4 Å². The number of sulfonamides is 1. The van der Waals surface area contributed by atoms with E-state index >= 15 is 0 Å². The molecule has 2 amide bonds. The fourth-order valence-corrected chi connectivity index (χ4v) is 5.28. The number of carbonyl (C=O) groups is 2. The molecule has 0 radical (unpaired) electrons. The van der Waals surface area contributed by atoms with Crippen LogP contribution in [0.5, 0.6) is 0 Å². The van der Waals surface area contributed by atoms with Crippen LogP contribution in [-0.2, 0) is 26.2 Å². The molecule has 0 bridgehead atoms. The predicted molar refractivity (Wildman–Crippen MR) is 136 cm³/mol. The van der Waals surface area contributed by atoms with Gasteiger partial charge in [-0.25, -0.2) is 8.42 Å². The van der Waals surface area contributed by atoms with Gasteiger partial charge in [-0.3, -0.25) is 9.59 Å². The topological polar surface area (TPSA) is 86.8 Å². The van der Waals surface area contributed by atoms with E-state index in [1.54, 1.807) is 23.2 Å². The summed E-state index contributed by atoms with van der Waals surface area (Å²) in [7, 11) is -2.15. The van der Waals surface area contributed by atoms with Gasteiger partial charge in [-0.1, -0.05) is 54.6 Å². The molecule has 35 heavy (non-hydrogen) atoms.